The molecule has 2 unspecified atom stereocenters. The lowest BCUT2D eigenvalue weighted by atomic mass is 9.96. The number of carboxylic acids is 1. The van der Waals surface area contributed by atoms with Crippen LogP contribution in [0, 0.1) is 5.92 Å². The van der Waals surface area contributed by atoms with Crippen LogP contribution in [0.5, 0.6) is 0 Å². The Kier molecular flexibility index (Phi) is 5.81. The molecule has 2 rings (SSSR count). The Balaban J connectivity index is 1.93. The van der Waals surface area contributed by atoms with Crippen molar-refractivity contribution >= 4 is 5.97 Å². The zero-order chi connectivity index (χ0) is 14.5. The van der Waals surface area contributed by atoms with Gasteiger partial charge in [0.15, 0.2) is 0 Å². The number of rotatable bonds is 6. The summed E-state index contributed by atoms with van der Waals surface area (Å²) in [5, 5.41) is 9.32. The van der Waals surface area contributed by atoms with Crippen molar-refractivity contribution in [2.24, 2.45) is 5.92 Å². The predicted octanol–water partition coefficient (Wildman–Crippen LogP) is 1.28. The van der Waals surface area contributed by atoms with Crippen LogP contribution in [0.15, 0.2) is 0 Å². The molecule has 0 aromatic carbocycles. The van der Waals surface area contributed by atoms with Crippen LogP contribution in [-0.2, 0) is 9.53 Å². The van der Waals surface area contributed by atoms with Gasteiger partial charge in [0.2, 0.25) is 0 Å². The van der Waals surface area contributed by atoms with Crippen LogP contribution in [0.2, 0.25) is 0 Å². The van der Waals surface area contributed by atoms with E-state index in [2.05, 4.69) is 23.6 Å². The van der Waals surface area contributed by atoms with Gasteiger partial charge in [-0.3, -0.25) is 9.69 Å². The van der Waals surface area contributed by atoms with E-state index in [1.807, 2.05) is 0 Å². The summed E-state index contributed by atoms with van der Waals surface area (Å²) in [4.78, 5) is 16.2. The molecule has 1 N–H and O–H groups in total. The first-order valence-electron chi connectivity index (χ1n) is 7.96. The molecule has 0 spiro atoms. The first-order valence-corrected chi connectivity index (χ1v) is 7.96. The molecule has 2 atom stereocenters. The average molecular weight is 284 g/mol. The maximum Gasteiger partial charge on any atom is 0.310 e. The number of likely N-dealkylation sites (N-methyl/N-ethyl adjacent to an activating group) is 1. The maximum atomic E-state index is 11.3. The fourth-order valence-electron chi connectivity index (χ4n) is 3.66. The number of carbonyl (C=O) groups is 1. The van der Waals surface area contributed by atoms with Crippen molar-refractivity contribution in [3.8, 4) is 0 Å². The monoisotopic (exact) mass is 284 g/mol. The van der Waals surface area contributed by atoms with Crippen LogP contribution >= 0.6 is 0 Å². The summed E-state index contributed by atoms with van der Waals surface area (Å²) in [5.74, 6) is -1.07. The summed E-state index contributed by atoms with van der Waals surface area (Å²) >= 11 is 0. The minimum absolute atomic E-state index is 0.0558. The smallest absolute Gasteiger partial charge is 0.310 e. The molecule has 2 aliphatic heterocycles. The Labute approximate surface area is 121 Å². The van der Waals surface area contributed by atoms with E-state index >= 15 is 0 Å². The number of aliphatic carboxylic acids is 1. The molecule has 0 amide bonds. The largest absolute Gasteiger partial charge is 0.481 e. The number of likely N-dealkylation sites (tertiary alicyclic amines) is 1. The van der Waals surface area contributed by atoms with Crippen molar-refractivity contribution in [2.75, 3.05) is 39.4 Å². The zero-order valence-corrected chi connectivity index (χ0v) is 12.8. The molecule has 2 aliphatic rings. The minimum atomic E-state index is -0.714. The molecule has 0 aromatic rings. The Morgan fingerprint density at radius 2 is 2.00 bits per heavy atom. The summed E-state index contributed by atoms with van der Waals surface area (Å²) < 4.78 is 5.43. The number of nitrogens with zero attached hydrogens (tertiary/aromatic N) is 2. The first-order chi connectivity index (χ1) is 9.67. The highest BCUT2D eigenvalue weighted by Crippen LogP contribution is 2.26. The van der Waals surface area contributed by atoms with E-state index in [-0.39, 0.29) is 12.0 Å². The fourth-order valence-corrected chi connectivity index (χ4v) is 3.66. The van der Waals surface area contributed by atoms with E-state index in [0.29, 0.717) is 19.3 Å². The number of hydrogen-bond acceptors (Lipinski definition) is 4. The highest BCUT2D eigenvalue weighted by Gasteiger charge is 2.40. The van der Waals surface area contributed by atoms with E-state index in [0.717, 1.165) is 32.5 Å². The highest BCUT2D eigenvalue weighted by molar-refractivity contribution is 5.71. The molecule has 0 aliphatic carbocycles. The Morgan fingerprint density at radius 1 is 1.30 bits per heavy atom. The van der Waals surface area contributed by atoms with Crippen LogP contribution in [0.1, 0.15) is 33.1 Å². The standard InChI is InChI=1S/C15H28N2O3/c1-3-7-16-8-5-12(6-9-16)17(4-2)14-11-20-10-13(14)15(18)19/h12-14H,3-11H2,1-2H3,(H,18,19). The molecule has 2 fully saturated rings. The third-order valence-corrected chi connectivity index (χ3v) is 4.72. The Bertz CT molecular complexity index is 316. The van der Waals surface area contributed by atoms with Crippen molar-refractivity contribution in [1.82, 2.24) is 9.80 Å². The molecular formula is C15H28N2O3. The second-order valence-corrected chi connectivity index (χ2v) is 5.95. The molecular weight excluding hydrogens is 256 g/mol. The SMILES string of the molecule is CCCN1CCC(N(CC)C2COCC2C(=O)O)CC1. The van der Waals surface area contributed by atoms with Gasteiger partial charge >= 0.3 is 5.97 Å². The van der Waals surface area contributed by atoms with Gasteiger partial charge in [-0.15, -0.1) is 0 Å². The second-order valence-electron chi connectivity index (χ2n) is 5.95. The molecule has 0 aromatic heterocycles. The topological polar surface area (TPSA) is 53.0 Å². The van der Waals surface area contributed by atoms with Crippen molar-refractivity contribution in [2.45, 2.75) is 45.2 Å². The Morgan fingerprint density at radius 3 is 2.55 bits per heavy atom. The van der Waals surface area contributed by atoms with Gasteiger partial charge in [0.25, 0.3) is 0 Å². The molecule has 5 heteroatoms. The van der Waals surface area contributed by atoms with Gasteiger partial charge in [-0.2, -0.15) is 0 Å². The maximum absolute atomic E-state index is 11.3. The number of hydrogen-bond donors (Lipinski definition) is 1. The van der Waals surface area contributed by atoms with Gasteiger partial charge in [0.1, 0.15) is 0 Å². The lowest BCUT2D eigenvalue weighted by Gasteiger charge is -2.41. The van der Waals surface area contributed by atoms with Gasteiger partial charge < -0.3 is 14.7 Å². The average Bonchev–Trinajstić information content (AvgIpc) is 2.91. The summed E-state index contributed by atoms with van der Waals surface area (Å²) in [6, 6.07) is 0.571. The van der Waals surface area contributed by atoms with Gasteiger partial charge in [0.05, 0.1) is 19.1 Å². The highest BCUT2D eigenvalue weighted by atomic mass is 16.5. The van der Waals surface area contributed by atoms with Gasteiger partial charge in [-0.05, 0) is 45.4 Å². The lowest BCUT2D eigenvalue weighted by molar-refractivity contribution is -0.143. The molecule has 0 saturated carbocycles. The lowest BCUT2D eigenvalue weighted by Crippen LogP contribution is -2.52. The number of carboxylic acid groups (broad SMARTS) is 1. The van der Waals surface area contributed by atoms with E-state index in [9.17, 15) is 9.90 Å². The first kappa shape index (κ1) is 15.7. The fraction of sp³-hybridized carbons (Fsp3) is 0.933. The Hall–Kier alpha value is -0.650. The van der Waals surface area contributed by atoms with Crippen LogP contribution in [0.3, 0.4) is 0 Å². The van der Waals surface area contributed by atoms with E-state index in [4.69, 9.17) is 4.74 Å². The molecule has 0 radical (unpaired) electrons. The third-order valence-electron chi connectivity index (χ3n) is 4.72. The predicted molar refractivity (Wildman–Crippen MR) is 77.9 cm³/mol. The number of ether oxygens (including phenoxy) is 1. The van der Waals surface area contributed by atoms with Crippen LogP contribution in [-0.4, -0.2) is 72.4 Å². The van der Waals surface area contributed by atoms with E-state index < -0.39 is 5.97 Å². The van der Waals surface area contributed by atoms with Crippen LogP contribution in [0.4, 0.5) is 0 Å². The second kappa shape index (κ2) is 7.38. The summed E-state index contributed by atoms with van der Waals surface area (Å²) in [6.45, 7) is 9.67. The van der Waals surface area contributed by atoms with Gasteiger partial charge in [-0.25, -0.2) is 0 Å². The molecule has 0 bridgehead atoms. The molecule has 5 nitrogen and oxygen atoms in total. The molecule has 2 heterocycles. The van der Waals surface area contributed by atoms with Crippen molar-refractivity contribution in [3.63, 3.8) is 0 Å². The summed E-state index contributed by atoms with van der Waals surface area (Å²) in [6.07, 6.45) is 3.51. The molecule has 116 valence electrons. The minimum Gasteiger partial charge on any atom is -0.481 e. The van der Waals surface area contributed by atoms with Crippen molar-refractivity contribution < 1.29 is 14.6 Å². The van der Waals surface area contributed by atoms with E-state index in [1.165, 1.54) is 13.0 Å². The van der Waals surface area contributed by atoms with Crippen LogP contribution in [0.25, 0.3) is 0 Å². The molecule has 20 heavy (non-hydrogen) atoms. The third kappa shape index (κ3) is 3.51. The number of piperidine rings is 1. The summed E-state index contributed by atoms with van der Waals surface area (Å²) in [5.41, 5.74) is 0. The van der Waals surface area contributed by atoms with Crippen molar-refractivity contribution in [3.05, 3.63) is 0 Å². The van der Waals surface area contributed by atoms with Gasteiger partial charge in [0, 0.05) is 12.1 Å². The molecule has 2 saturated heterocycles. The quantitative estimate of drug-likeness (QED) is 0.796. The van der Waals surface area contributed by atoms with Gasteiger partial charge in [-0.1, -0.05) is 13.8 Å². The normalized spacial score (nSPS) is 29.1. The van der Waals surface area contributed by atoms with Crippen LogP contribution < -0.4 is 0 Å². The summed E-state index contributed by atoms with van der Waals surface area (Å²) in [7, 11) is 0. The van der Waals surface area contributed by atoms with Crippen molar-refractivity contribution in [1.29, 1.82) is 0 Å². The zero-order valence-electron chi connectivity index (χ0n) is 12.8. The van der Waals surface area contributed by atoms with E-state index in [1.54, 1.807) is 0 Å².